The molecule has 1 heterocycles. The molecule has 0 N–H and O–H groups in total. The number of rotatable bonds is 2. The first-order valence-corrected chi connectivity index (χ1v) is 4.42. The lowest BCUT2D eigenvalue weighted by Crippen LogP contribution is -2.24. The van der Waals surface area contributed by atoms with E-state index in [4.69, 9.17) is 5.26 Å². The minimum Gasteiger partial charge on any atom is -0.302 e. The summed E-state index contributed by atoms with van der Waals surface area (Å²) in [7, 11) is 0. The summed E-state index contributed by atoms with van der Waals surface area (Å²) in [6.07, 6.45) is 3.04. The SMILES string of the molecule is C=CCN1C(=O)CS/C1=C\C#N. The number of nitrogens with zero attached hydrogens (tertiary/aromatic N) is 2. The van der Waals surface area contributed by atoms with Crippen LogP contribution in [-0.2, 0) is 4.79 Å². The van der Waals surface area contributed by atoms with Gasteiger partial charge in [-0.25, -0.2) is 0 Å². The van der Waals surface area contributed by atoms with E-state index in [1.165, 1.54) is 17.8 Å². The molecule has 4 heteroatoms. The maximum Gasteiger partial charge on any atom is 0.238 e. The molecule has 0 aromatic carbocycles. The summed E-state index contributed by atoms with van der Waals surface area (Å²) in [6.45, 7) is 4.03. The van der Waals surface area contributed by atoms with Gasteiger partial charge in [0.2, 0.25) is 5.91 Å². The number of nitriles is 1. The van der Waals surface area contributed by atoms with Gasteiger partial charge in [-0.1, -0.05) is 17.8 Å². The molecule has 62 valence electrons. The molecule has 1 amide bonds. The van der Waals surface area contributed by atoms with Crippen molar-refractivity contribution in [3.63, 3.8) is 0 Å². The molecule has 0 bridgehead atoms. The van der Waals surface area contributed by atoms with Gasteiger partial charge in [0.05, 0.1) is 16.9 Å². The van der Waals surface area contributed by atoms with Crippen LogP contribution >= 0.6 is 11.8 Å². The van der Waals surface area contributed by atoms with E-state index in [-0.39, 0.29) is 5.91 Å². The summed E-state index contributed by atoms with van der Waals surface area (Å²) < 4.78 is 0. The molecule has 0 aliphatic carbocycles. The third-order valence-corrected chi connectivity index (χ3v) is 2.44. The van der Waals surface area contributed by atoms with E-state index in [1.54, 1.807) is 11.0 Å². The first-order valence-electron chi connectivity index (χ1n) is 3.43. The molecule has 0 spiro atoms. The summed E-state index contributed by atoms with van der Waals surface area (Å²) in [6, 6.07) is 1.91. The van der Waals surface area contributed by atoms with Crippen LogP contribution < -0.4 is 0 Å². The molecular weight excluding hydrogens is 172 g/mol. The highest BCUT2D eigenvalue weighted by atomic mass is 32.2. The van der Waals surface area contributed by atoms with Crippen LogP contribution in [0.25, 0.3) is 0 Å². The van der Waals surface area contributed by atoms with Crippen LogP contribution in [0.3, 0.4) is 0 Å². The number of carbonyl (C=O) groups is 1. The molecule has 0 aromatic rings. The molecule has 0 saturated carbocycles. The van der Waals surface area contributed by atoms with Gasteiger partial charge < -0.3 is 4.90 Å². The smallest absolute Gasteiger partial charge is 0.238 e. The number of carbonyl (C=O) groups excluding carboxylic acids is 1. The van der Waals surface area contributed by atoms with Crippen molar-refractivity contribution in [3.8, 4) is 6.07 Å². The summed E-state index contributed by atoms with van der Waals surface area (Å²) >= 11 is 1.39. The van der Waals surface area contributed by atoms with Gasteiger partial charge in [0.25, 0.3) is 0 Å². The molecule has 1 fully saturated rings. The Hall–Kier alpha value is -1.21. The van der Waals surface area contributed by atoms with Gasteiger partial charge in [0, 0.05) is 12.6 Å². The lowest BCUT2D eigenvalue weighted by molar-refractivity contribution is -0.124. The molecule has 0 radical (unpaired) electrons. The molecule has 0 aromatic heterocycles. The van der Waals surface area contributed by atoms with Crippen molar-refractivity contribution in [3.05, 3.63) is 23.8 Å². The predicted molar refractivity (Wildman–Crippen MR) is 48.1 cm³/mol. The zero-order valence-electron chi connectivity index (χ0n) is 6.49. The second-order valence-electron chi connectivity index (χ2n) is 2.19. The minimum absolute atomic E-state index is 0.0430. The summed E-state index contributed by atoms with van der Waals surface area (Å²) in [4.78, 5) is 12.7. The van der Waals surface area contributed by atoms with Crippen LogP contribution in [0.2, 0.25) is 0 Å². The monoisotopic (exact) mass is 180 g/mol. The first-order chi connectivity index (χ1) is 5.79. The summed E-state index contributed by atoms with van der Waals surface area (Å²) in [5.74, 6) is 0.475. The Morgan fingerprint density at radius 2 is 2.58 bits per heavy atom. The second-order valence-corrected chi connectivity index (χ2v) is 3.19. The third kappa shape index (κ3) is 1.69. The molecule has 0 unspecified atom stereocenters. The molecule has 12 heavy (non-hydrogen) atoms. The highest BCUT2D eigenvalue weighted by Crippen LogP contribution is 2.27. The fourth-order valence-corrected chi connectivity index (χ4v) is 1.81. The van der Waals surface area contributed by atoms with E-state index >= 15 is 0 Å². The molecule has 1 aliphatic rings. The zero-order valence-corrected chi connectivity index (χ0v) is 7.30. The topological polar surface area (TPSA) is 44.1 Å². The van der Waals surface area contributed by atoms with Crippen LogP contribution in [0.5, 0.6) is 0 Å². The number of thioether (sulfide) groups is 1. The number of hydrogen-bond donors (Lipinski definition) is 0. The van der Waals surface area contributed by atoms with Crippen molar-refractivity contribution in [2.45, 2.75) is 0 Å². The Balaban J connectivity index is 2.78. The molecule has 1 saturated heterocycles. The summed E-state index contributed by atoms with van der Waals surface area (Å²) in [5.41, 5.74) is 0. The van der Waals surface area contributed by atoms with Gasteiger partial charge in [-0.2, -0.15) is 5.26 Å². The maximum atomic E-state index is 11.2. The quantitative estimate of drug-likeness (QED) is 0.472. The fourth-order valence-electron chi connectivity index (χ4n) is 0.910. The average Bonchev–Trinajstić information content (AvgIpc) is 2.37. The van der Waals surface area contributed by atoms with E-state index in [1.807, 2.05) is 6.07 Å². The lowest BCUT2D eigenvalue weighted by atomic mass is 10.5. The number of hydrogen-bond acceptors (Lipinski definition) is 3. The lowest BCUT2D eigenvalue weighted by Gasteiger charge is -2.12. The Labute approximate surface area is 75.3 Å². The second kappa shape index (κ2) is 3.98. The van der Waals surface area contributed by atoms with E-state index in [9.17, 15) is 4.79 Å². The van der Waals surface area contributed by atoms with Crippen molar-refractivity contribution >= 4 is 17.7 Å². The van der Waals surface area contributed by atoms with Crippen LogP contribution in [0.15, 0.2) is 23.8 Å². The van der Waals surface area contributed by atoms with E-state index < -0.39 is 0 Å². The van der Waals surface area contributed by atoms with Crippen molar-refractivity contribution < 1.29 is 4.79 Å². The average molecular weight is 180 g/mol. The number of allylic oxidation sites excluding steroid dienone is 1. The maximum absolute atomic E-state index is 11.2. The van der Waals surface area contributed by atoms with Gasteiger partial charge >= 0.3 is 0 Å². The van der Waals surface area contributed by atoms with Gasteiger partial charge in [-0.15, -0.1) is 6.58 Å². The third-order valence-electron chi connectivity index (χ3n) is 1.41. The number of amides is 1. The minimum atomic E-state index is 0.0430. The Bertz CT molecular complexity index is 277. The Morgan fingerprint density at radius 3 is 3.17 bits per heavy atom. The van der Waals surface area contributed by atoms with E-state index in [0.717, 1.165) is 5.03 Å². The van der Waals surface area contributed by atoms with Crippen LogP contribution in [0.1, 0.15) is 0 Å². The van der Waals surface area contributed by atoms with Crippen molar-refractivity contribution in [1.82, 2.24) is 4.90 Å². The normalized spacial score (nSPS) is 19.8. The van der Waals surface area contributed by atoms with Crippen molar-refractivity contribution in [1.29, 1.82) is 5.26 Å². The van der Waals surface area contributed by atoms with Gasteiger partial charge in [-0.3, -0.25) is 4.79 Å². The Kier molecular flexibility index (Phi) is 2.94. The summed E-state index contributed by atoms with van der Waals surface area (Å²) in [5, 5.41) is 9.12. The van der Waals surface area contributed by atoms with Crippen LogP contribution in [0.4, 0.5) is 0 Å². The van der Waals surface area contributed by atoms with Gasteiger partial charge in [0.15, 0.2) is 0 Å². The van der Waals surface area contributed by atoms with Crippen LogP contribution in [0, 0.1) is 11.3 Å². The molecular formula is C8H8N2OS. The van der Waals surface area contributed by atoms with Gasteiger partial charge in [0.1, 0.15) is 0 Å². The van der Waals surface area contributed by atoms with Crippen LogP contribution in [-0.4, -0.2) is 23.1 Å². The van der Waals surface area contributed by atoms with Crippen molar-refractivity contribution in [2.75, 3.05) is 12.3 Å². The Morgan fingerprint density at radius 1 is 1.83 bits per heavy atom. The predicted octanol–water partition coefficient (Wildman–Crippen LogP) is 1.11. The van der Waals surface area contributed by atoms with Crippen molar-refractivity contribution in [2.24, 2.45) is 0 Å². The highest BCUT2D eigenvalue weighted by molar-refractivity contribution is 8.04. The molecule has 0 atom stereocenters. The first kappa shape index (κ1) is 8.88. The molecule has 1 rings (SSSR count). The van der Waals surface area contributed by atoms with E-state index in [0.29, 0.717) is 12.3 Å². The van der Waals surface area contributed by atoms with E-state index in [2.05, 4.69) is 6.58 Å². The van der Waals surface area contributed by atoms with Gasteiger partial charge in [-0.05, 0) is 0 Å². The standard InChI is InChI=1S/C8H8N2OS/c1-2-5-10-7(11)6-12-8(10)3-4-9/h2-3H,1,5-6H2/b8-3-. The molecule has 3 nitrogen and oxygen atoms in total. The fraction of sp³-hybridized carbons (Fsp3) is 0.250. The molecule has 1 aliphatic heterocycles. The highest BCUT2D eigenvalue weighted by Gasteiger charge is 2.24. The largest absolute Gasteiger partial charge is 0.302 e. The zero-order chi connectivity index (χ0) is 8.97.